The molecule has 0 aliphatic carbocycles. The van der Waals surface area contributed by atoms with Crippen molar-refractivity contribution in [2.45, 2.75) is 58.4 Å². The molecule has 2 rings (SSSR count). The SMILES string of the molecule is CCC(CC)NC(=O)C1CCCN(C(=O)c2ccccc2)CCC(=O)NCC1. The summed E-state index contributed by atoms with van der Waals surface area (Å²) in [4.78, 5) is 39.3. The van der Waals surface area contributed by atoms with Crippen molar-refractivity contribution in [1.82, 2.24) is 15.5 Å². The molecule has 1 saturated heterocycles. The minimum atomic E-state index is -0.146. The minimum Gasteiger partial charge on any atom is -0.356 e. The van der Waals surface area contributed by atoms with Gasteiger partial charge in [-0.1, -0.05) is 32.0 Å². The molecule has 0 saturated carbocycles. The molecule has 2 N–H and O–H groups in total. The van der Waals surface area contributed by atoms with Crippen LogP contribution in [0.5, 0.6) is 0 Å². The van der Waals surface area contributed by atoms with E-state index in [4.69, 9.17) is 0 Å². The average Bonchev–Trinajstić information content (AvgIpc) is 2.76. The van der Waals surface area contributed by atoms with E-state index in [0.717, 1.165) is 19.3 Å². The number of rotatable bonds is 5. The molecule has 6 nitrogen and oxygen atoms in total. The van der Waals surface area contributed by atoms with Crippen LogP contribution < -0.4 is 10.6 Å². The van der Waals surface area contributed by atoms with Crippen molar-refractivity contribution in [3.63, 3.8) is 0 Å². The van der Waals surface area contributed by atoms with Gasteiger partial charge >= 0.3 is 0 Å². The Morgan fingerprint density at radius 1 is 1.14 bits per heavy atom. The van der Waals surface area contributed by atoms with Crippen LogP contribution in [0.25, 0.3) is 0 Å². The quantitative estimate of drug-likeness (QED) is 0.815. The molecule has 1 aromatic rings. The molecule has 6 heteroatoms. The maximum atomic E-state index is 12.8. The number of benzene rings is 1. The van der Waals surface area contributed by atoms with Gasteiger partial charge in [0.15, 0.2) is 0 Å². The molecule has 1 fully saturated rings. The Labute approximate surface area is 168 Å². The van der Waals surface area contributed by atoms with Crippen LogP contribution in [0.15, 0.2) is 30.3 Å². The highest BCUT2D eigenvalue weighted by atomic mass is 16.2. The lowest BCUT2D eigenvalue weighted by molar-refractivity contribution is -0.126. The monoisotopic (exact) mass is 387 g/mol. The van der Waals surface area contributed by atoms with Gasteiger partial charge in [-0.15, -0.1) is 0 Å². The lowest BCUT2D eigenvalue weighted by Gasteiger charge is -2.24. The van der Waals surface area contributed by atoms with Crippen molar-refractivity contribution in [3.05, 3.63) is 35.9 Å². The fraction of sp³-hybridized carbons (Fsp3) is 0.591. The van der Waals surface area contributed by atoms with E-state index >= 15 is 0 Å². The number of nitrogens with one attached hydrogen (secondary N) is 2. The Morgan fingerprint density at radius 3 is 2.54 bits per heavy atom. The Hall–Kier alpha value is -2.37. The molecule has 0 spiro atoms. The first-order valence-electron chi connectivity index (χ1n) is 10.5. The summed E-state index contributed by atoms with van der Waals surface area (Å²) in [5, 5.41) is 6.01. The second kappa shape index (κ2) is 11.5. The van der Waals surface area contributed by atoms with Crippen LogP contribution in [-0.2, 0) is 9.59 Å². The number of carbonyl (C=O) groups excluding carboxylic acids is 3. The molecule has 28 heavy (non-hydrogen) atoms. The first-order valence-corrected chi connectivity index (χ1v) is 10.5. The molecule has 1 aromatic carbocycles. The largest absolute Gasteiger partial charge is 0.356 e. The van der Waals surface area contributed by atoms with Crippen LogP contribution >= 0.6 is 0 Å². The zero-order valence-electron chi connectivity index (χ0n) is 17.1. The summed E-state index contributed by atoms with van der Waals surface area (Å²) in [6.07, 6.45) is 4.18. The molecule has 1 unspecified atom stereocenters. The second-order valence-electron chi connectivity index (χ2n) is 7.41. The van der Waals surface area contributed by atoms with Gasteiger partial charge < -0.3 is 15.5 Å². The van der Waals surface area contributed by atoms with E-state index in [0.29, 0.717) is 38.0 Å². The summed E-state index contributed by atoms with van der Waals surface area (Å²) in [6.45, 7) is 5.57. The van der Waals surface area contributed by atoms with Crippen molar-refractivity contribution in [1.29, 1.82) is 0 Å². The lowest BCUT2D eigenvalue weighted by atomic mass is 9.97. The highest BCUT2D eigenvalue weighted by Crippen LogP contribution is 2.15. The molecule has 1 aliphatic rings. The number of amides is 3. The van der Waals surface area contributed by atoms with Gasteiger partial charge in [0, 0.05) is 43.6 Å². The topological polar surface area (TPSA) is 78.5 Å². The van der Waals surface area contributed by atoms with Crippen LogP contribution in [0, 0.1) is 5.92 Å². The molecule has 0 bridgehead atoms. The van der Waals surface area contributed by atoms with Crippen LogP contribution in [-0.4, -0.2) is 48.3 Å². The predicted molar refractivity (Wildman–Crippen MR) is 110 cm³/mol. The summed E-state index contributed by atoms with van der Waals surface area (Å²) in [5.41, 5.74) is 0.626. The number of carbonyl (C=O) groups is 3. The number of nitrogens with zero attached hydrogens (tertiary/aromatic N) is 1. The molecule has 0 aromatic heterocycles. The van der Waals surface area contributed by atoms with Gasteiger partial charge in [-0.3, -0.25) is 14.4 Å². The molecule has 1 atom stereocenters. The standard InChI is InChI=1S/C22H33N3O3/c1-3-19(4-2)24-21(27)17-11-8-15-25(16-13-20(26)23-14-12-17)22(28)18-9-6-5-7-10-18/h5-7,9-10,17,19H,3-4,8,11-16H2,1-2H3,(H,23,26)(H,24,27). The highest BCUT2D eigenvalue weighted by Gasteiger charge is 2.23. The summed E-state index contributed by atoms with van der Waals surface area (Å²) in [7, 11) is 0. The molecule has 1 heterocycles. The lowest BCUT2D eigenvalue weighted by Crippen LogP contribution is -2.39. The average molecular weight is 388 g/mol. The molecule has 3 amide bonds. The summed E-state index contributed by atoms with van der Waals surface area (Å²) in [5.74, 6) is -0.228. The van der Waals surface area contributed by atoms with E-state index in [1.807, 2.05) is 18.2 Å². The summed E-state index contributed by atoms with van der Waals surface area (Å²) >= 11 is 0. The Balaban J connectivity index is 2.04. The molecule has 154 valence electrons. The molecular weight excluding hydrogens is 354 g/mol. The number of hydrogen-bond acceptors (Lipinski definition) is 3. The fourth-order valence-corrected chi connectivity index (χ4v) is 3.54. The summed E-state index contributed by atoms with van der Waals surface area (Å²) in [6, 6.07) is 9.32. The van der Waals surface area contributed by atoms with Gasteiger partial charge in [-0.2, -0.15) is 0 Å². The van der Waals surface area contributed by atoms with Crippen LogP contribution in [0.3, 0.4) is 0 Å². The first kappa shape index (κ1) is 21.9. The zero-order chi connectivity index (χ0) is 20.4. The molecule has 1 aliphatic heterocycles. The third kappa shape index (κ3) is 6.66. The van der Waals surface area contributed by atoms with Crippen molar-refractivity contribution in [2.75, 3.05) is 19.6 Å². The molecule has 0 radical (unpaired) electrons. The van der Waals surface area contributed by atoms with Crippen molar-refractivity contribution in [2.24, 2.45) is 5.92 Å². The molecular formula is C22H33N3O3. The normalized spacial score (nSPS) is 18.9. The minimum absolute atomic E-state index is 0.0585. The maximum Gasteiger partial charge on any atom is 0.253 e. The van der Waals surface area contributed by atoms with Crippen LogP contribution in [0.4, 0.5) is 0 Å². The third-order valence-electron chi connectivity index (χ3n) is 5.42. The van der Waals surface area contributed by atoms with Gasteiger partial charge in [-0.25, -0.2) is 0 Å². The fourth-order valence-electron chi connectivity index (χ4n) is 3.54. The van der Waals surface area contributed by atoms with Gasteiger partial charge in [0.2, 0.25) is 11.8 Å². The smallest absolute Gasteiger partial charge is 0.253 e. The van der Waals surface area contributed by atoms with Crippen molar-refractivity contribution < 1.29 is 14.4 Å². The van der Waals surface area contributed by atoms with E-state index in [9.17, 15) is 14.4 Å². The van der Waals surface area contributed by atoms with Gasteiger partial charge in [-0.05, 0) is 44.2 Å². The van der Waals surface area contributed by atoms with Gasteiger partial charge in [0.05, 0.1) is 0 Å². The zero-order valence-corrected chi connectivity index (χ0v) is 17.1. The van der Waals surface area contributed by atoms with Gasteiger partial charge in [0.25, 0.3) is 5.91 Å². The van der Waals surface area contributed by atoms with Gasteiger partial charge in [0.1, 0.15) is 0 Å². The van der Waals surface area contributed by atoms with E-state index in [1.165, 1.54) is 0 Å². The Kier molecular flexibility index (Phi) is 8.98. The summed E-state index contributed by atoms with van der Waals surface area (Å²) < 4.78 is 0. The Morgan fingerprint density at radius 2 is 1.86 bits per heavy atom. The van der Waals surface area contributed by atoms with Crippen molar-refractivity contribution in [3.8, 4) is 0 Å². The third-order valence-corrected chi connectivity index (χ3v) is 5.42. The van der Waals surface area contributed by atoms with Crippen LogP contribution in [0.1, 0.15) is 62.7 Å². The van der Waals surface area contributed by atoms with E-state index in [2.05, 4.69) is 24.5 Å². The first-order chi connectivity index (χ1) is 13.5. The van der Waals surface area contributed by atoms with E-state index in [1.54, 1.807) is 17.0 Å². The Bertz CT molecular complexity index is 644. The predicted octanol–water partition coefficient (Wildman–Crippen LogP) is 2.74. The van der Waals surface area contributed by atoms with E-state index in [-0.39, 0.29) is 36.1 Å². The number of hydrogen-bond donors (Lipinski definition) is 2. The maximum absolute atomic E-state index is 12.8. The van der Waals surface area contributed by atoms with Crippen molar-refractivity contribution >= 4 is 17.7 Å². The highest BCUT2D eigenvalue weighted by molar-refractivity contribution is 5.94. The van der Waals surface area contributed by atoms with Crippen LogP contribution in [0.2, 0.25) is 0 Å². The second-order valence-corrected chi connectivity index (χ2v) is 7.41. The van der Waals surface area contributed by atoms with E-state index < -0.39 is 0 Å².